The Morgan fingerprint density at radius 2 is 2.23 bits per heavy atom. The van der Waals surface area contributed by atoms with E-state index in [1.54, 1.807) is 14.0 Å². The highest BCUT2D eigenvalue weighted by atomic mass is 19.1. The SMILES string of the molecule is C=C(C)c1c(CCC)nn(C)c1F. The molecule has 1 heterocycles. The molecule has 0 spiro atoms. The van der Waals surface area contributed by atoms with Crippen molar-refractivity contribution in [3.05, 3.63) is 23.8 Å². The van der Waals surface area contributed by atoms with Crippen LogP contribution in [0.15, 0.2) is 6.58 Å². The fraction of sp³-hybridized carbons (Fsp3) is 0.500. The molecule has 0 aliphatic heterocycles. The van der Waals surface area contributed by atoms with Crippen molar-refractivity contribution in [1.82, 2.24) is 9.78 Å². The molecule has 0 saturated carbocycles. The summed E-state index contributed by atoms with van der Waals surface area (Å²) in [6, 6.07) is 0. The molecular formula is C10H15FN2. The van der Waals surface area contributed by atoms with Crippen molar-refractivity contribution in [1.29, 1.82) is 0 Å². The van der Waals surface area contributed by atoms with E-state index in [2.05, 4.69) is 18.6 Å². The van der Waals surface area contributed by atoms with E-state index in [0.717, 1.165) is 24.1 Å². The molecule has 0 amide bonds. The Morgan fingerprint density at radius 3 is 2.69 bits per heavy atom. The number of hydrogen-bond donors (Lipinski definition) is 0. The molecule has 3 heteroatoms. The van der Waals surface area contributed by atoms with Crippen LogP contribution in [0.5, 0.6) is 0 Å². The van der Waals surface area contributed by atoms with Crippen molar-refractivity contribution in [2.24, 2.45) is 7.05 Å². The Balaban J connectivity index is 3.18. The van der Waals surface area contributed by atoms with Gasteiger partial charge in [0, 0.05) is 7.05 Å². The normalized spacial score (nSPS) is 10.5. The molecule has 1 aromatic rings. The van der Waals surface area contributed by atoms with E-state index >= 15 is 0 Å². The second kappa shape index (κ2) is 3.73. The van der Waals surface area contributed by atoms with E-state index in [1.165, 1.54) is 4.68 Å². The summed E-state index contributed by atoms with van der Waals surface area (Å²) in [6.45, 7) is 7.60. The van der Waals surface area contributed by atoms with Crippen LogP contribution in [0.25, 0.3) is 5.57 Å². The first-order valence-electron chi connectivity index (χ1n) is 4.45. The average molecular weight is 182 g/mol. The minimum atomic E-state index is -0.282. The van der Waals surface area contributed by atoms with Crippen molar-refractivity contribution >= 4 is 5.57 Å². The Hall–Kier alpha value is -1.12. The van der Waals surface area contributed by atoms with Gasteiger partial charge in [-0.3, -0.25) is 0 Å². The van der Waals surface area contributed by atoms with E-state index in [-0.39, 0.29) is 5.95 Å². The number of aryl methyl sites for hydroxylation is 2. The van der Waals surface area contributed by atoms with Gasteiger partial charge < -0.3 is 0 Å². The molecule has 0 saturated heterocycles. The van der Waals surface area contributed by atoms with Crippen LogP contribution < -0.4 is 0 Å². The zero-order valence-electron chi connectivity index (χ0n) is 8.39. The van der Waals surface area contributed by atoms with Gasteiger partial charge in [-0.05, 0) is 18.9 Å². The Labute approximate surface area is 78.1 Å². The van der Waals surface area contributed by atoms with Gasteiger partial charge in [0.25, 0.3) is 0 Å². The fourth-order valence-electron chi connectivity index (χ4n) is 1.39. The molecule has 0 radical (unpaired) electrons. The van der Waals surface area contributed by atoms with Crippen LogP contribution in [0, 0.1) is 5.95 Å². The van der Waals surface area contributed by atoms with Gasteiger partial charge in [-0.1, -0.05) is 19.9 Å². The summed E-state index contributed by atoms with van der Waals surface area (Å²) in [5.74, 6) is -0.282. The predicted octanol–water partition coefficient (Wildman–Crippen LogP) is 2.54. The lowest BCUT2D eigenvalue weighted by Crippen LogP contribution is -1.94. The number of halogens is 1. The molecule has 0 atom stereocenters. The van der Waals surface area contributed by atoms with Crippen molar-refractivity contribution < 1.29 is 4.39 Å². The van der Waals surface area contributed by atoms with E-state index < -0.39 is 0 Å². The summed E-state index contributed by atoms with van der Waals surface area (Å²) >= 11 is 0. The maximum absolute atomic E-state index is 13.4. The highest BCUT2D eigenvalue weighted by Gasteiger charge is 2.15. The number of rotatable bonds is 3. The van der Waals surface area contributed by atoms with E-state index in [4.69, 9.17) is 0 Å². The van der Waals surface area contributed by atoms with Crippen molar-refractivity contribution in [2.75, 3.05) is 0 Å². The van der Waals surface area contributed by atoms with Crippen LogP contribution in [-0.2, 0) is 13.5 Å². The molecular weight excluding hydrogens is 167 g/mol. The summed E-state index contributed by atoms with van der Waals surface area (Å²) in [7, 11) is 1.61. The molecule has 0 N–H and O–H groups in total. The maximum atomic E-state index is 13.4. The molecule has 2 nitrogen and oxygen atoms in total. The highest BCUT2D eigenvalue weighted by molar-refractivity contribution is 5.63. The van der Waals surface area contributed by atoms with Crippen LogP contribution in [-0.4, -0.2) is 9.78 Å². The summed E-state index contributed by atoms with van der Waals surface area (Å²) in [4.78, 5) is 0. The van der Waals surface area contributed by atoms with Gasteiger partial charge in [0.05, 0.1) is 11.3 Å². The monoisotopic (exact) mass is 182 g/mol. The Morgan fingerprint density at radius 1 is 1.62 bits per heavy atom. The van der Waals surface area contributed by atoms with Crippen molar-refractivity contribution in [2.45, 2.75) is 26.7 Å². The molecule has 1 rings (SSSR count). The van der Waals surface area contributed by atoms with Gasteiger partial charge in [-0.2, -0.15) is 9.49 Å². The van der Waals surface area contributed by atoms with Crippen LogP contribution in [0.2, 0.25) is 0 Å². The first-order valence-corrected chi connectivity index (χ1v) is 4.45. The van der Waals surface area contributed by atoms with Gasteiger partial charge >= 0.3 is 0 Å². The molecule has 0 unspecified atom stereocenters. The quantitative estimate of drug-likeness (QED) is 0.702. The number of hydrogen-bond acceptors (Lipinski definition) is 1. The molecule has 0 bridgehead atoms. The van der Waals surface area contributed by atoms with E-state index in [9.17, 15) is 4.39 Å². The Bertz CT molecular complexity index is 326. The lowest BCUT2D eigenvalue weighted by molar-refractivity contribution is 0.501. The molecule has 0 aromatic carbocycles. The zero-order valence-corrected chi connectivity index (χ0v) is 8.39. The summed E-state index contributed by atoms with van der Waals surface area (Å²) < 4.78 is 14.7. The van der Waals surface area contributed by atoms with E-state index in [1.807, 2.05) is 0 Å². The van der Waals surface area contributed by atoms with Gasteiger partial charge in [-0.25, -0.2) is 4.68 Å². The zero-order chi connectivity index (χ0) is 10.0. The second-order valence-electron chi connectivity index (χ2n) is 3.27. The minimum absolute atomic E-state index is 0.282. The van der Waals surface area contributed by atoms with Gasteiger partial charge in [0.2, 0.25) is 5.95 Å². The number of aromatic nitrogens is 2. The third-order valence-electron chi connectivity index (χ3n) is 1.96. The van der Waals surface area contributed by atoms with Crippen molar-refractivity contribution in [3.8, 4) is 0 Å². The lowest BCUT2D eigenvalue weighted by atomic mass is 10.1. The summed E-state index contributed by atoms with van der Waals surface area (Å²) in [5, 5.41) is 4.10. The minimum Gasteiger partial charge on any atom is -0.242 e. The number of allylic oxidation sites excluding steroid dienone is 1. The molecule has 72 valence electrons. The molecule has 13 heavy (non-hydrogen) atoms. The average Bonchev–Trinajstić information content (AvgIpc) is 2.28. The fourth-order valence-corrected chi connectivity index (χ4v) is 1.39. The summed E-state index contributed by atoms with van der Waals surface area (Å²) in [6.07, 6.45) is 1.77. The van der Waals surface area contributed by atoms with Crippen LogP contribution >= 0.6 is 0 Å². The second-order valence-corrected chi connectivity index (χ2v) is 3.27. The van der Waals surface area contributed by atoms with Gasteiger partial charge in [0.15, 0.2) is 0 Å². The number of nitrogens with zero attached hydrogens (tertiary/aromatic N) is 2. The van der Waals surface area contributed by atoms with Gasteiger partial charge in [0.1, 0.15) is 0 Å². The first kappa shape index (κ1) is 9.96. The maximum Gasteiger partial charge on any atom is 0.219 e. The molecule has 0 aliphatic carbocycles. The third kappa shape index (κ3) is 1.79. The van der Waals surface area contributed by atoms with Crippen molar-refractivity contribution in [3.63, 3.8) is 0 Å². The third-order valence-corrected chi connectivity index (χ3v) is 1.96. The van der Waals surface area contributed by atoms with Crippen LogP contribution in [0.1, 0.15) is 31.5 Å². The topological polar surface area (TPSA) is 17.8 Å². The van der Waals surface area contributed by atoms with Crippen LogP contribution in [0.4, 0.5) is 4.39 Å². The lowest BCUT2D eigenvalue weighted by Gasteiger charge is -1.98. The van der Waals surface area contributed by atoms with Gasteiger partial charge in [-0.15, -0.1) is 0 Å². The predicted molar refractivity (Wildman–Crippen MR) is 51.9 cm³/mol. The van der Waals surface area contributed by atoms with E-state index in [0.29, 0.717) is 5.56 Å². The van der Waals surface area contributed by atoms with Crippen LogP contribution in [0.3, 0.4) is 0 Å². The smallest absolute Gasteiger partial charge is 0.219 e. The largest absolute Gasteiger partial charge is 0.242 e. The standard InChI is InChI=1S/C10H15FN2/c1-5-6-8-9(7(2)3)10(11)13(4)12-8/h2,5-6H2,1,3-4H3. The molecule has 0 fully saturated rings. The summed E-state index contributed by atoms with van der Waals surface area (Å²) in [5.41, 5.74) is 2.15. The molecule has 1 aromatic heterocycles. The highest BCUT2D eigenvalue weighted by Crippen LogP contribution is 2.20. The first-order chi connectivity index (χ1) is 6.07. The molecule has 0 aliphatic rings. The Kier molecular flexibility index (Phi) is 2.86.